The zero-order valence-electron chi connectivity index (χ0n) is 9.69. The molecule has 0 saturated heterocycles. The van der Waals surface area contributed by atoms with Crippen molar-refractivity contribution in [3.05, 3.63) is 11.6 Å². The summed E-state index contributed by atoms with van der Waals surface area (Å²) in [6, 6.07) is 0. The van der Waals surface area contributed by atoms with Gasteiger partial charge in [-0.2, -0.15) is 0 Å². The normalized spacial score (nSPS) is 21.8. The number of carbonyl (C=O) groups excluding carboxylic acids is 1. The van der Waals surface area contributed by atoms with Crippen molar-refractivity contribution in [2.75, 3.05) is 0 Å². The van der Waals surface area contributed by atoms with Crippen LogP contribution >= 0.6 is 0 Å². The van der Waals surface area contributed by atoms with Gasteiger partial charge >= 0.3 is 5.97 Å². The lowest BCUT2D eigenvalue weighted by Crippen LogP contribution is -2.20. The van der Waals surface area contributed by atoms with Crippen molar-refractivity contribution >= 4 is 5.97 Å². The minimum Gasteiger partial charge on any atom is -0.429 e. The van der Waals surface area contributed by atoms with Crippen LogP contribution in [-0.2, 0) is 9.53 Å². The summed E-state index contributed by atoms with van der Waals surface area (Å²) in [7, 11) is 0. The molecule has 0 radical (unpaired) electrons. The van der Waals surface area contributed by atoms with Gasteiger partial charge in [-0.25, -0.2) is 4.79 Å². The highest BCUT2D eigenvalue weighted by Crippen LogP contribution is 2.20. The number of unbranched alkanes of at least 4 members (excludes halogenated alkanes) is 4. The van der Waals surface area contributed by atoms with Crippen molar-refractivity contribution in [3.63, 3.8) is 0 Å². The standard InChI is InChI=1S/C12H20O4/c1-2-3-4-5-6-7-10(13)9-8-11(14)16-12(9)15/h8,10,12-13,15H,2-7H2,1H3. The Bertz CT molecular complexity index is 260. The topological polar surface area (TPSA) is 66.8 Å². The van der Waals surface area contributed by atoms with Gasteiger partial charge in [0.1, 0.15) is 0 Å². The molecular formula is C12H20O4. The average Bonchev–Trinajstić information content (AvgIpc) is 2.57. The van der Waals surface area contributed by atoms with Gasteiger partial charge in [0, 0.05) is 11.6 Å². The number of aliphatic hydroxyl groups is 2. The molecule has 0 aromatic heterocycles. The molecule has 2 N–H and O–H groups in total. The van der Waals surface area contributed by atoms with Crippen LogP contribution in [0.5, 0.6) is 0 Å². The molecule has 2 atom stereocenters. The molecule has 0 amide bonds. The Morgan fingerprint density at radius 3 is 2.62 bits per heavy atom. The van der Waals surface area contributed by atoms with Crippen LogP contribution < -0.4 is 0 Å². The Balaban J connectivity index is 2.22. The van der Waals surface area contributed by atoms with Gasteiger partial charge in [-0.05, 0) is 6.42 Å². The summed E-state index contributed by atoms with van der Waals surface area (Å²) in [6.07, 6.45) is 5.28. The first-order valence-corrected chi connectivity index (χ1v) is 5.93. The van der Waals surface area contributed by atoms with Crippen LogP contribution in [0.25, 0.3) is 0 Å². The maximum atomic E-state index is 10.8. The number of cyclic esters (lactones) is 1. The number of rotatable bonds is 7. The molecule has 16 heavy (non-hydrogen) atoms. The van der Waals surface area contributed by atoms with Crippen LogP contribution in [-0.4, -0.2) is 28.6 Å². The Labute approximate surface area is 95.9 Å². The van der Waals surface area contributed by atoms with E-state index >= 15 is 0 Å². The lowest BCUT2D eigenvalue weighted by molar-refractivity contribution is -0.152. The molecule has 0 aliphatic carbocycles. The Morgan fingerprint density at radius 1 is 1.38 bits per heavy atom. The molecule has 92 valence electrons. The van der Waals surface area contributed by atoms with Crippen LogP contribution in [0.15, 0.2) is 11.6 Å². The molecular weight excluding hydrogens is 208 g/mol. The molecule has 0 spiro atoms. The smallest absolute Gasteiger partial charge is 0.333 e. The number of aliphatic hydroxyl groups excluding tert-OH is 2. The fourth-order valence-corrected chi connectivity index (χ4v) is 1.79. The third kappa shape index (κ3) is 3.94. The van der Waals surface area contributed by atoms with E-state index in [1.165, 1.54) is 25.3 Å². The van der Waals surface area contributed by atoms with E-state index in [4.69, 9.17) is 0 Å². The van der Waals surface area contributed by atoms with Gasteiger partial charge in [-0.1, -0.05) is 39.0 Å². The minimum absolute atomic E-state index is 0.292. The Morgan fingerprint density at radius 2 is 2.06 bits per heavy atom. The van der Waals surface area contributed by atoms with Crippen molar-refractivity contribution in [1.82, 2.24) is 0 Å². The van der Waals surface area contributed by atoms with Crippen molar-refractivity contribution in [2.24, 2.45) is 0 Å². The lowest BCUT2D eigenvalue weighted by atomic mass is 10.0. The molecule has 0 aromatic carbocycles. The van der Waals surface area contributed by atoms with E-state index in [1.54, 1.807) is 0 Å². The van der Waals surface area contributed by atoms with E-state index in [-0.39, 0.29) is 0 Å². The SMILES string of the molecule is CCCCCCCC(O)C1=CC(=O)OC1O. The zero-order valence-corrected chi connectivity index (χ0v) is 9.69. The highest BCUT2D eigenvalue weighted by molar-refractivity contribution is 5.85. The van der Waals surface area contributed by atoms with Crippen molar-refractivity contribution in [1.29, 1.82) is 0 Å². The summed E-state index contributed by atoms with van der Waals surface area (Å²) in [6.45, 7) is 2.15. The van der Waals surface area contributed by atoms with Crippen molar-refractivity contribution in [2.45, 2.75) is 57.8 Å². The van der Waals surface area contributed by atoms with E-state index in [1.807, 2.05) is 0 Å². The summed E-state index contributed by atoms with van der Waals surface area (Å²) in [5.74, 6) is -0.576. The summed E-state index contributed by atoms with van der Waals surface area (Å²) < 4.78 is 4.50. The maximum Gasteiger partial charge on any atom is 0.333 e. The maximum absolute atomic E-state index is 10.8. The molecule has 0 fully saturated rings. The largest absolute Gasteiger partial charge is 0.429 e. The second-order valence-corrected chi connectivity index (χ2v) is 4.15. The Kier molecular flexibility index (Phi) is 5.49. The van der Waals surface area contributed by atoms with Gasteiger partial charge in [0.05, 0.1) is 6.10 Å². The van der Waals surface area contributed by atoms with E-state index < -0.39 is 18.4 Å². The second-order valence-electron chi connectivity index (χ2n) is 4.15. The van der Waals surface area contributed by atoms with E-state index in [9.17, 15) is 15.0 Å². The monoisotopic (exact) mass is 228 g/mol. The van der Waals surface area contributed by atoms with Gasteiger partial charge < -0.3 is 14.9 Å². The number of hydrogen-bond acceptors (Lipinski definition) is 4. The van der Waals surface area contributed by atoms with Gasteiger partial charge in [-0.15, -0.1) is 0 Å². The molecule has 0 bridgehead atoms. The molecule has 1 rings (SSSR count). The first-order chi connectivity index (χ1) is 7.65. The molecule has 2 unspecified atom stereocenters. The van der Waals surface area contributed by atoms with Gasteiger partial charge in [0.25, 0.3) is 0 Å². The van der Waals surface area contributed by atoms with Crippen LogP contribution in [0.4, 0.5) is 0 Å². The van der Waals surface area contributed by atoms with Gasteiger partial charge in [-0.3, -0.25) is 0 Å². The van der Waals surface area contributed by atoms with Crippen molar-refractivity contribution < 1.29 is 19.7 Å². The molecule has 1 heterocycles. The fourth-order valence-electron chi connectivity index (χ4n) is 1.79. The predicted molar refractivity (Wildman–Crippen MR) is 59.6 cm³/mol. The van der Waals surface area contributed by atoms with Crippen LogP contribution in [0.2, 0.25) is 0 Å². The summed E-state index contributed by atoms with van der Waals surface area (Å²) >= 11 is 0. The third-order valence-corrected chi connectivity index (χ3v) is 2.76. The van der Waals surface area contributed by atoms with Crippen LogP contribution in [0, 0.1) is 0 Å². The first-order valence-electron chi connectivity index (χ1n) is 5.93. The molecule has 1 aliphatic heterocycles. The average molecular weight is 228 g/mol. The van der Waals surface area contributed by atoms with E-state index in [0.717, 1.165) is 12.8 Å². The summed E-state index contributed by atoms with van der Waals surface area (Å²) in [4.78, 5) is 10.8. The third-order valence-electron chi connectivity index (χ3n) is 2.76. The van der Waals surface area contributed by atoms with Gasteiger partial charge in [0.2, 0.25) is 6.29 Å². The highest BCUT2D eigenvalue weighted by Gasteiger charge is 2.28. The number of hydrogen-bond donors (Lipinski definition) is 2. The lowest BCUT2D eigenvalue weighted by Gasteiger charge is -2.14. The highest BCUT2D eigenvalue weighted by atomic mass is 16.6. The van der Waals surface area contributed by atoms with Crippen LogP contribution in [0.1, 0.15) is 45.4 Å². The molecule has 1 aliphatic rings. The quantitative estimate of drug-likeness (QED) is 0.512. The molecule has 0 saturated carbocycles. The Hall–Kier alpha value is -0.870. The molecule has 4 heteroatoms. The zero-order chi connectivity index (χ0) is 12.0. The molecule has 0 aromatic rings. The molecule has 4 nitrogen and oxygen atoms in total. The van der Waals surface area contributed by atoms with Crippen LogP contribution in [0.3, 0.4) is 0 Å². The fraction of sp³-hybridized carbons (Fsp3) is 0.750. The van der Waals surface area contributed by atoms with Gasteiger partial charge in [0.15, 0.2) is 0 Å². The van der Waals surface area contributed by atoms with E-state index in [0.29, 0.717) is 12.0 Å². The summed E-state index contributed by atoms with van der Waals surface area (Å²) in [5, 5.41) is 19.0. The second kappa shape index (κ2) is 6.66. The first kappa shape index (κ1) is 13.2. The summed E-state index contributed by atoms with van der Waals surface area (Å²) in [5.41, 5.74) is 0.292. The number of carbonyl (C=O) groups is 1. The number of esters is 1. The number of ether oxygens (including phenoxy) is 1. The predicted octanol–water partition coefficient (Wildman–Crippen LogP) is 1.51. The van der Waals surface area contributed by atoms with Crippen molar-refractivity contribution in [3.8, 4) is 0 Å². The minimum atomic E-state index is -1.25. The van der Waals surface area contributed by atoms with E-state index in [2.05, 4.69) is 11.7 Å².